The molecule has 4 nitrogen and oxygen atoms in total. The van der Waals surface area contributed by atoms with E-state index in [0.29, 0.717) is 29.6 Å². The van der Waals surface area contributed by atoms with Gasteiger partial charge >= 0.3 is 0 Å². The van der Waals surface area contributed by atoms with Crippen molar-refractivity contribution in [3.05, 3.63) is 17.7 Å². The number of hydrogen-bond donors (Lipinski definition) is 1. The van der Waals surface area contributed by atoms with Crippen LogP contribution in [0.2, 0.25) is 0 Å². The van der Waals surface area contributed by atoms with Gasteiger partial charge in [0.15, 0.2) is 11.5 Å². The molecule has 1 aromatic rings. The van der Waals surface area contributed by atoms with Gasteiger partial charge in [0.1, 0.15) is 5.75 Å². The van der Waals surface area contributed by atoms with Crippen LogP contribution < -0.4 is 14.2 Å². The van der Waals surface area contributed by atoms with Gasteiger partial charge in [-0.15, -0.1) is 0 Å². The van der Waals surface area contributed by atoms with Gasteiger partial charge in [0, 0.05) is 11.6 Å². The lowest BCUT2D eigenvalue weighted by Gasteiger charge is -2.20. The topological polar surface area (TPSA) is 47.9 Å². The zero-order valence-electron chi connectivity index (χ0n) is 12.4. The third-order valence-corrected chi connectivity index (χ3v) is 3.42. The van der Waals surface area contributed by atoms with Gasteiger partial charge in [-0.3, -0.25) is 0 Å². The monoisotopic (exact) mass is 268 g/mol. The molecule has 2 atom stereocenters. The number of hydrogen-bond acceptors (Lipinski definition) is 4. The van der Waals surface area contributed by atoms with E-state index < -0.39 is 6.10 Å². The summed E-state index contributed by atoms with van der Waals surface area (Å²) in [6.45, 7) is 4.24. The van der Waals surface area contributed by atoms with Gasteiger partial charge in [-0.25, -0.2) is 0 Å². The van der Waals surface area contributed by atoms with Crippen LogP contribution in [-0.4, -0.2) is 26.4 Å². The van der Waals surface area contributed by atoms with Gasteiger partial charge in [-0.2, -0.15) is 0 Å². The van der Waals surface area contributed by atoms with Gasteiger partial charge in [-0.1, -0.05) is 20.3 Å². The highest BCUT2D eigenvalue weighted by Gasteiger charge is 2.19. The Morgan fingerprint density at radius 3 is 2.00 bits per heavy atom. The van der Waals surface area contributed by atoms with Crippen molar-refractivity contribution in [3.8, 4) is 17.2 Å². The first-order valence-corrected chi connectivity index (χ1v) is 6.55. The molecule has 108 valence electrons. The molecule has 0 aromatic heterocycles. The first kappa shape index (κ1) is 15.6. The lowest BCUT2D eigenvalue weighted by molar-refractivity contribution is 0.142. The average Bonchev–Trinajstić information content (AvgIpc) is 2.45. The highest BCUT2D eigenvalue weighted by Crippen LogP contribution is 2.39. The largest absolute Gasteiger partial charge is 0.496 e. The second-order valence-corrected chi connectivity index (χ2v) is 4.71. The zero-order chi connectivity index (χ0) is 14.4. The second kappa shape index (κ2) is 7.24. The number of aliphatic hydroxyl groups is 1. The van der Waals surface area contributed by atoms with Crippen molar-refractivity contribution in [3.63, 3.8) is 0 Å². The number of ether oxygens (including phenoxy) is 3. The fraction of sp³-hybridized carbons (Fsp3) is 0.600. The minimum absolute atomic E-state index is 0.452. The molecule has 0 radical (unpaired) electrons. The van der Waals surface area contributed by atoms with Crippen LogP contribution in [0.4, 0.5) is 0 Å². The van der Waals surface area contributed by atoms with Gasteiger partial charge < -0.3 is 19.3 Å². The van der Waals surface area contributed by atoms with Crippen LogP contribution >= 0.6 is 0 Å². The Labute approximate surface area is 115 Å². The lowest BCUT2D eigenvalue weighted by Crippen LogP contribution is -2.06. The maximum absolute atomic E-state index is 10.3. The fourth-order valence-electron chi connectivity index (χ4n) is 1.99. The summed E-state index contributed by atoms with van der Waals surface area (Å²) in [6.07, 6.45) is 1.17. The number of aliphatic hydroxyl groups excluding tert-OH is 1. The minimum Gasteiger partial charge on any atom is -0.496 e. The Morgan fingerprint density at radius 2 is 1.53 bits per heavy atom. The van der Waals surface area contributed by atoms with Crippen molar-refractivity contribution in [1.82, 2.24) is 0 Å². The van der Waals surface area contributed by atoms with E-state index in [9.17, 15) is 5.11 Å². The van der Waals surface area contributed by atoms with Crippen molar-refractivity contribution in [2.24, 2.45) is 5.92 Å². The molecule has 19 heavy (non-hydrogen) atoms. The summed E-state index contributed by atoms with van der Waals surface area (Å²) in [5, 5.41) is 10.3. The fourth-order valence-corrected chi connectivity index (χ4v) is 1.99. The van der Waals surface area contributed by atoms with Crippen LogP contribution in [0.5, 0.6) is 17.2 Å². The van der Waals surface area contributed by atoms with Gasteiger partial charge in [0.2, 0.25) is 0 Å². The average molecular weight is 268 g/mol. The number of benzene rings is 1. The Bertz CT molecular complexity index is 403. The van der Waals surface area contributed by atoms with E-state index in [1.54, 1.807) is 33.5 Å². The van der Waals surface area contributed by atoms with Crippen LogP contribution in [0.25, 0.3) is 0 Å². The van der Waals surface area contributed by atoms with Crippen LogP contribution in [0.3, 0.4) is 0 Å². The molecule has 4 heteroatoms. The van der Waals surface area contributed by atoms with Crippen molar-refractivity contribution in [2.45, 2.75) is 32.8 Å². The third kappa shape index (κ3) is 3.77. The summed E-state index contributed by atoms with van der Waals surface area (Å²) >= 11 is 0. The molecule has 0 fully saturated rings. The van der Waals surface area contributed by atoms with Crippen LogP contribution in [0.1, 0.15) is 38.4 Å². The highest BCUT2D eigenvalue weighted by molar-refractivity contribution is 5.51. The third-order valence-electron chi connectivity index (χ3n) is 3.42. The standard InChI is InChI=1S/C15H24O4/c1-6-10(2)7-12(16)11-8-14(18-4)15(19-5)9-13(11)17-3/h8-10,12,16H,6-7H2,1-5H3. The summed E-state index contributed by atoms with van der Waals surface area (Å²) in [5.41, 5.74) is 0.737. The molecule has 0 heterocycles. The summed E-state index contributed by atoms with van der Waals surface area (Å²) in [4.78, 5) is 0. The van der Waals surface area contributed by atoms with Gasteiger partial charge in [-0.05, 0) is 18.4 Å². The molecule has 1 aromatic carbocycles. The van der Waals surface area contributed by atoms with E-state index in [0.717, 1.165) is 12.0 Å². The van der Waals surface area contributed by atoms with E-state index in [2.05, 4.69) is 13.8 Å². The van der Waals surface area contributed by atoms with Crippen LogP contribution in [0.15, 0.2) is 12.1 Å². The minimum atomic E-state index is -0.565. The molecule has 0 aliphatic rings. The zero-order valence-corrected chi connectivity index (χ0v) is 12.4. The second-order valence-electron chi connectivity index (χ2n) is 4.71. The van der Waals surface area contributed by atoms with E-state index in [4.69, 9.17) is 14.2 Å². The quantitative estimate of drug-likeness (QED) is 0.825. The molecule has 0 spiro atoms. The van der Waals surface area contributed by atoms with Gasteiger partial charge in [0.25, 0.3) is 0 Å². The smallest absolute Gasteiger partial charge is 0.164 e. The van der Waals surface area contributed by atoms with E-state index in [1.165, 1.54) is 0 Å². The van der Waals surface area contributed by atoms with Crippen molar-refractivity contribution in [2.75, 3.05) is 21.3 Å². The maximum atomic E-state index is 10.3. The highest BCUT2D eigenvalue weighted by atomic mass is 16.5. The van der Waals surface area contributed by atoms with E-state index in [-0.39, 0.29) is 0 Å². The Morgan fingerprint density at radius 1 is 1.00 bits per heavy atom. The summed E-state index contributed by atoms with van der Waals surface area (Å²) in [6, 6.07) is 3.53. The molecule has 2 unspecified atom stereocenters. The predicted molar refractivity (Wildman–Crippen MR) is 75.1 cm³/mol. The molecule has 0 bridgehead atoms. The predicted octanol–water partition coefficient (Wildman–Crippen LogP) is 3.18. The lowest BCUT2D eigenvalue weighted by atomic mass is 9.95. The summed E-state index contributed by atoms with van der Waals surface area (Å²) in [7, 11) is 4.74. The van der Waals surface area contributed by atoms with E-state index >= 15 is 0 Å². The Hall–Kier alpha value is -1.42. The van der Waals surface area contributed by atoms with Crippen molar-refractivity contribution in [1.29, 1.82) is 0 Å². The van der Waals surface area contributed by atoms with Crippen LogP contribution in [0, 0.1) is 5.92 Å². The SMILES string of the molecule is CCC(C)CC(O)c1cc(OC)c(OC)cc1OC. The molecule has 0 aliphatic heterocycles. The Balaban J connectivity index is 3.10. The molecule has 0 saturated heterocycles. The first-order valence-electron chi connectivity index (χ1n) is 6.55. The first-order chi connectivity index (χ1) is 9.07. The molecule has 0 amide bonds. The van der Waals surface area contributed by atoms with Crippen molar-refractivity contribution < 1.29 is 19.3 Å². The van der Waals surface area contributed by atoms with Gasteiger partial charge in [0.05, 0.1) is 27.4 Å². The van der Waals surface area contributed by atoms with Crippen molar-refractivity contribution >= 4 is 0 Å². The summed E-state index contributed by atoms with van der Waals surface area (Å²) in [5.74, 6) is 2.27. The van der Waals surface area contributed by atoms with E-state index in [1.807, 2.05) is 0 Å². The number of rotatable bonds is 7. The maximum Gasteiger partial charge on any atom is 0.164 e. The Kier molecular flexibility index (Phi) is 5.96. The molecular weight excluding hydrogens is 244 g/mol. The van der Waals surface area contributed by atoms with Crippen LogP contribution in [-0.2, 0) is 0 Å². The molecule has 1 rings (SSSR count). The summed E-state index contributed by atoms with van der Waals surface area (Å²) < 4.78 is 15.8. The molecule has 0 saturated carbocycles. The molecule has 0 aliphatic carbocycles. The normalized spacial score (nSPS) is 13.8. The molecular formula is C15H24O4. The number of methoxy groups -OCH3 is 3. The molecule has 1 N–H and O–H groups in total.